The number of carbonyl (C=O) groups excluding carboxylic acids is 1. The maximum absolute atomic E-state index is 11.6. The maximum atomic E-state index is 11.6. The molecule has 0 heterocycles. The maximum Gasteiger partial charge on any atom is 0.336 e. The van der Waals surface area contributed by atoms with E-state index in [4.69, 9.17) is 10.5 Å². The van der Waals surface area contributed by atoms with Crippen LogP contribution in [0, 0.1) is 0 Å². The molecular weight excluding hydrogens is 190 g/mol. The molecule has 2 rings (SSSR count). The predicted octanol–water partition coefficient (Wildman–Crippen LogP) is 1.48. The Bertz CT molecular complexity index is 435. The van der Waals surface area contributed by atoms with Crippen LogP contribution in [0.25, 0.3) is 5.70 Å². The van der Waals surface area contributed by atoms with Gasteiger partial charge in [-0.1, -0.05) is 24.3 Å². The van der Waals surface area contributed by atoms with Gasteiger partial charge in [-0.3, -0.25) is 0 Å². The van der Waals surface area contributed by atoms with E-state index in [1.807, 2.05) is 24.3 Å². The van der Waals surface area contributed by atoms with Crippen molar-refractivity contribution in [2.24, 2.45) is 5.73 Å². The zero-order valence-electron chi connectivity index (χ0n) is 8.62. The molecule has 3 nitrogen and oxygen atoms in total. The van der Waals surface area contributed by atoms with Gasteiger partial charge in [0.15, 0.2) is 0 Å². The number of carbonyl (C=O) groups is 1. The molecular formula is C12H13NO2. The number of ether oxygens (including phenoxy) is 1. The Hall–Kier alpha value is -1.77. The van der Waals surface area contributed by atoms with Crippen LogP contribution in [0.3, 0.4) is 0 Å². The third-order valence-electron chi connectivity index (χ3n) is 2.52. The van der Waals surface area contributed by atoms with E-state index >= 15 is 0 Å². The minimum absolute atomic E-state index is 0.300. The number of rotatable bonds is 2. The lowest BCUT2D eigenvalue weighted by Crippen LogP contribution is -2.10. The summed E-state index contributed by atoms with van der Waals surface area (Å²) in [5, 5.41) is 0. The highest BCUT2D eigenvalue weighted by atomic mass is 16.5. The van der Waals surface area contributed by atoms with Gasteiger partial charge in [-0.25, -0.2) is 4.79 Å². The second kappa shape index (κ2) is 3.77. The smallest absolute Gasteiger partial charge is 0.336 e. The standard InChI is InChI=1S/C12H13NO2/c1-2-15-12(14)10-7-8-5-3-4-6-9(8)11(10)13/h3-6H,2,7,13H2,1H3. The molecule has 15 heavy (non-hydrogen) atoms. The molecule has 0 saturated carbocycles. The fourth-order valence-corrected chi connectivity index (χ4v) is 1.79. The minimum Gasteiger partial charge on any atom is -0.463 e. The van der Waals surface area contributed by atoms with Crippen LogP contribution in [0.4, 0.5) is 0 Å². The number of nitrogens with two attached hydrogens (primary N) is 1. The van der Waals surface area contributed by atoms with E-state index in [1.165, 1.54) is 0 Å². The quantitative estimate of drug-likeness (QED) is 0.740. The summed E-state index contributed by atoms with van der Waals surface area (Å²) in [6.45, 7) is 2.17. The molecule has 0 aromatic heterocycles. The summed E-state index contributed by atoms with van der Waals surface area (Å²) in [7, 11) is 0. The Balaban J connectivity index is 2.33. The first-order chi connectivity index (χ1) is 7.24. The second-order valence-electron chi connectivity index (χ2n) is 3.45. The summed E-state index contributed by atoms with van der Waals surface area (Å²) in [4.78, 5) is 11.6. The average Bonchev–Trinajstić information content (AvgIpc) is 2.57. The van der Waals surface area contributed by atoms with Gasteiger partial charge in [0.1, 0.15) is 0 Å². The van der Waals surface area contributed by atoms with Crippen LogP contribution < -0.4 is 5.73 Å². The fraction of sp³-hybridized carbons (Fsp3) is 0.250. The molecule has 1 aromatic rings. The second-order valence-corrected chi connectivity index (χ2v) is 3.45. The molecule has 1 aromatic carbocycles. The summed E-state index contributed by atoms with van der Waals surface area (Å²) in [5.74, 6) is -0.300. The lowest BCUT2D eigenvalue weighted by atomic mass is 10.1. The molecule has 0 fully saturated rings. The predicted molar refractivity (Wildman–Crippen MR) is 57.9 cm³/mol. The zero-order chi connectivity index (χ0) is 10.8. The largest absolute Gasteiger partial charge is 0.463 e. The summed E-state index contributed by atoms with van der Waals surface area (Å²) in [5.41, 5.74) is 9.10. The fourth-order valence-electron chi connectivity index (χ4n) is 1.79. The molecule has 0 spiro atoms. The highest BCUT2D eigenvalue weighted by molar-refractivity contribution is 6.00. The van der Waals surface area contributed by atoms with Crippen LogP contribution in [0.2, 0.25) is 0 Å². The monoisotopic (exact) mass is 203 g/mol. The van der Waals surface area contributed by atoms with Gasteiger partial charge in [0.05, 0.1) is 12.2 Å². The van der Waals surface area contributed by atoms with E-state index in [0.717, 1.165) is 11.1 Å². The van der Waals surface area contributed by atoms with Crippen LogP contribution in [0.15, 0.2) is 29.8 Å². The molecule has 1 aliphatic carbocycles. The van der Waals surface area contributed by atoms with Gasteiger partial charge in [0, 0.05) is 17.7 Å². The molecule has 1 aliphatic rings. The van der Waals surface area contributed by atoms with E-state index in [9.17, 15) is 4.79 Å². The zero-order valence-corrected chi connectivity index (χ0v) is 8.62. The summed E-state index contributed by atoms with van der Waals surface area (Å²) >= 11 is 0. The van der Waals surface area contributed by atoms with E-state index in [-0.39, 0.29) is 5.97 Å². The van der Waals surface area contributed by atoms with Crippen LogP contribution in [-0.2, 0) is 16.0 Å². The van der Waals surface area contributed by atoms with Crippen molar-refractivity contribution >= 4 is 11.7 Å². The van der Waals surface area contributed by atoms with Gasteiger partial charge < -0.3 is 10.5 Å². The van der Waals surface area contributed by atoms with E-state index in [0.29, 0.717) is 24.3 Å². The van der Waals surface area contributed by atoms with Gasteiger partial charge in [-0.15, -0.1) is 0 Å². The highest BCUT2D eigenvalue weighted by Gasteiger charge is 2.24. The number of fused-ring (bicyclic) bond motifs is 1. The van der Waals surface area contributed by atoms with Crippen molar-refractivity contribution in [2.75, 3.05) is 6.61 Å². The van der Waals surface area contributed by atoms with Crippen LogP contribution in [-0.4, -0.2) is 12.6 Å². The Labute approximate surface area is 88.5 Å². The lowest BCUT2D eigenvalue weighted by Gasteiger charge is -2.02. The molecule has 0 unspecified atom stereocenters. The normalized spacial score (nSPS) is 13.9. The number of esters is 1. The van der Waals surface area contributed by atoms with Crippen molar-refractivity contribution in [3.05, 3.63) is 41.0 Å². The van der Waals surface area contributed by atoms with E-state index < -0.39 is 0 Å². The van der Waals surface area contributed by atoms with Gasteiger partial charge in [-0.05, 0) is 12.5 Å². The Morgan fingerprint density at radius 3 is 2.87 bits per heavy atom. The molecule has 0 bridgehead atoms. The average molecular weight is 203 g/mol. The minimum atomic E-state index is -0.300. The molecule has 2 N–H and O–H groups in total. The van der Waals surface area contributed by atoms with Crippen LogP contribution in [0.5, 0.6) is 0 Å². The first kappa shape index (κ1) is 9.77. The van der Waals surface area contributed by atoms with Crippen molar-refractivity contribution in [1.29, 1.82) is 0 Å². The molecule has 0 atom stereocenters. The first-order valence-corrected chi connectivity index (χ1v) is 4.98. The van der Waals surface area contributed by atoms with Crippen LogP contribution >= 0.6 is 0 Å². The number of benzene rings is 1. The Kier molecular flexibility index (Phi) is 2.46. The SMILES string of the molecule is CCOC(=O)C1=C(N)c2ccccc2C1. The summed E-state index contributed by atoms with van der Waals surface area (Å²) in [6.07, 6.45) is 0.584. The van der Waals surface area contributed by atoms with Crippen LogP contribution in [0.1, 0.15) is 18.1 Å². The number of hydrogen-bond acceptors (Lipinski definition) is 3. The third-order valence-corrected chi connectivity index (χ3v) is 2.52. The number of hydrogen-bond donors (Lipinski definition) is 1. The van der Waals surface area contributed by atoms with Gasteiger partial charge in [-0.2, -0.15) is 0 Å². The summed E-state index contributed by atoms with van der Waals surface area (Å²) < 4.78 is 4.95. The lowest BCUT2D eigenvalue weighted by molar-refractivity contribution is -0.138. The third kappa shape index (κ3) is 1.61. The molecule has 0 aliphatic heterocycles. The first-order valence-electron chi connectivity index (χ1n) is 4.98. The Morgan fingerprint density at radius 1 is 1.47 bits per heavy atom. The molecule has 0 saturated heterocycles. The molecule has 0 amide bonds. The molecule has 78 valence electrons. The topological polar surface area (TPSA) is 52.3 Å². The van der Waals surface area contributed by atoms with Crippen molar-refractivity contribution < 1.29 is 9.53 Å². The molecule has 0 radical (unpaired) electrons. The molecule has 3 heteroatoms. The van der Waals surface area contributed by atoms with Crippen molar-refractivity contribution in [2.45, 2.75) is 13.3 Å². The van der Waals surface area contributed by atoms with Gasteiger partial charge in [0.2, 0.25) is 0 Å². The van der Waals surface area contributed by atoms with Crippen molar-refractivity contribution in [3.63, 3.8) is 0 Å². The van der Waals surface area contributed by atoms with Gasteiger partial charge in [0.25, 0.3) is 0 Å². The van der Waals surface area contributed by atoms with Crippen molar-refractivity contribution in [3.8, 4) is 0 Å². The Morgan fingerprint density at radius 2 is 2.20 bits per heavy atom. The van der Waals surface area contributed by atoms with Crippen molar-refractivity contribution in [1.82, 2.24) is 0 Å². The van der Waals surface area contributed by atoms with Gasteiger partial charge >= 0.3 is 5.97 Å². The summed E-state index contributed by atoms with van der Waals surface area (Å²) in [6, 6.07) is 7.77. The van der Waals surface area contributed by atoms with E-state index in [1.54, 1.807) is 6.92 Å². The van der Waals surface area contributed by atoms with E-state index in [2.05, 4.69) is 0 Å². The highest BCUT2D eigenvalue weighted by Crippen LogP contribution is 2.29.